The van der Waals surface area contributed by atoms with Crippen molar-refractivity contribution in [3.63, 3.8) is 0 Å². The Morgan fingerprint density at radius 3 is 2.71 bits per heavy atom. The van der Waals surface area contributed by atoms with Crippen LogP contribution < -0.4 is 27.0 Å². The minimum Gasteiger partial charge on any atom is -0.447 e. The van der Waals surface area contributed by atoms with Gasteiger partial charge in [-0.25, -0.2) is 27.7 Å². The number of fused-ring (bicyclic) bond motifs is 1. The second-order valence-electron chi connectivity index (χ2n) is 9.61. The number of nitrogens with two attached hydrogens (primary N) is 1. The highest BCUT2D eigenvalue weighted by molar-refractivity contribution is 5.81. The largest absolute Gasteiger partial charge is 0.447 e. The van der Waals surface area contributed by atoms with E-state index in [2.05, 4.69) is 15.6 Å². The maximum atomic E-state index is 15.0. The summed E-state index contributed by atoms with van der Waals surface area (Å²) in [5.41, 5.74) is 6.81. The van der Waals surface area contributed by atoms with Crippen LogP contribution in [0.1, 0.15) is 12.5 Å². The fraction of sp³-hybridized carbons (Fsp3) is 0.417. The first-order chi connectivity index (χ1) is 18.0. The van der Waals surface area contributed by atoms with Crippen LogP contribution in [-0.2, 0) is 18.3 Å². The molecule has 14 heteroatoms. The SMILES string of the molecule is C[C@H]1CN(c2nc(Nc3ccc4c(c3)n(C[C@H]3COC(=O)N3)c(=O)n4C)c(F)cc2C#N)C[C@@H](N)C1(F)F. The number of aromatic nitrogens is 3. The maximum Gasteiger partial charge on any atom is 0.407 e. The van der Waals surface area contributed by atoms with Gasteiger partial charge >= 0.3 is 11.8 Å². The fourth-order valence-electron chi connectivity index (χ4n) is 4.86. The number of imidazole rings is 1. The zero-order valence-corrected chi connectivity index (χ0v) is 20.5. The minimum absolute atomic E-state index is 0.0453. The standard InChI is InChI=1S/C24H25F3N8O3/c1-12-8-34(10-19(29)24(12,26)27)21-13(7-28)5-16(25)20(32-21)30-14-3-4-17-18(6-14)35(23(37)33(17)2)9-15-11-38-22(36)31-15/h3-6,12,15,19H,8-11,29H2,1-2H3,(H,30,32)(H,31,36)/t12-,15-,19+/m0/s1. The lowest BCUT2D eigenvalue weighted by atomic mass is 9.91. The molecule has 4 N–H and O–H groups in total. The number of aryl methyl sites for hydroxylation is 1. The van der Waals surface area contributed by atoms with Gasteiger partial charge in [-0.3, -0.25) is 9.13 Å². The summed E-state index contributed by atoms with van der Waals surface area (Å²) in [6.07, 6.45) is -0.559. The van der Waals surface area contributed by atoms with Crippen LogP contribution in [0.4, 0.5) is 35.3 Å². The van der Waals surface area contributed by atoms with Gasteiger partial charge in [-0.15, -0.1) is 0 Å². The number of nitrogens with zero attached hydrogens (tertiary/aromatic N) is 5. The van der Waals surface area contributed by atoms with Gasteiger partial charge in [-0.1, -0.05) is 6.92 Å². The van der Waals surface area contributed by atoms with Crippen LogP contribution in [0.15, 0.2) is 29.1 Å². The van der Waals surface area contributed by atoms with Crippen molar-refractivity contribution in [1.29, 1.82) is 5.26 Å². The summed E-state index contributed by atoms with van der Waals surface area (Å²) >= 11 is 0. The average molecular weight is 531 g/mol. The van der Waals surface area contributed by atoms with E-state index in [1.165, 1.54) is 21.0 Å². The van der Waals surface area contributed by atoms with Gasteiger partial charge in [0.05, 0.1) is 35.2 Å². The molecule has 0 unspecified atom stereocenters. The summed E-state index contributed by atoms with van der Waals surface area (Å²) in [6, 6.07) is 5.93. The number of nitrogens with one attached hydrogen (secondary N) is 2. The van der Waals surface area contributed by atoms with Crippen molar-refractivity contribution >= 4 is 34.4 Å². The molecule has 1 amide bonds. The normalized spacial score (nSPS) is 22.7. The Bertz CT molecular complexity index is 1510. The van der Waals surface area contributed by atoms with Gasteiger partial charge in [0.25, 0.3) is 5.92 Å². The number of alkyl carbamates (subject to hydrolysis) is 1. The third-order valence-corrected chi connectivity index (χ3v) is 6.99. The number of alkyl halides is 2. The average Bonchev–Trinajstić information content (AvgIpc) is 3.39. The number of halogens is 3. The third-order valence-electron chi connectivity index (χ3n) is 6.99. The maximum absolute atomic E-state index is 15.0. The molecule has 0 saturated carbocycles. The topological polar surface area (TPSA) is 143 Å². The van der Waals surface area contributed by atoms with E-state index in [1.54, 1.807) is 25.2 Å². The van der Waals surface area contributed by atoms with Crippen LogP contribution in [0.5, 0.6) is 0 Å². The molecule has 0 aliphatic carbocycles. The van der Waals surface area contributed by atoms with Crippen molar-refractivity contribution in [2.24, 2.45) is 18.7 Å². The summed E-state index contributed by atoms with van der Waals surface area (Å²) in [4.78, 5) is 30.0. The molecule has 11 nitrogen and oxygen atoms in total. The first-order valence-electron chi connectivity index (χ1n) is 11.9. The zero-order chi connectivity index (χ0) is 27.4. The molecule has 2 fully saturated rings. The molecular weight excluding hydrogens is 505 g/mol. The van der Waals surface area contributed by atoms with E-state index in [0.717, 1.165) is 6.07 Å². The number of anilines is 3. The number of nitriles is 1. The van der Waals surface area contributed by atoms with E-state index in [9.17, 15) is 28.0 Å². The van der Waals surface area contributed by atoms with E-state index in [1.807, 2.05) is 6.07 Å². The Morgan fingerprint density at radius 2 is 2.05 bits per heavy atom. The number of benzene rings is 1. The number of hydrogen-bond donors (Lipinski definition) is 3. The molecule has 200 valence electrons. The van der Waals surface area contributed by atoms with Crippen LogP contribution in [0.25, 0.3) is 11.0 Å². The second kappa shape index (κ2) is 9.25. The summed E-state index contributed by atoms with van der Waals surface area (Å²) < 4.78 is 51.3. The highest BCUT2D eigenvalue weighted by Crippen LogP contribution is 2.36. The first kappa shape index (κ1) is 25.4. The summed E-state index contributed by atoms with van der Waals surface area (Å²) in [5, 5.41) is 15.0. The smallest absolute Gasteiger partial charge is 0.407 e. The third kappa shape index (κ3) is 4.28. The molecule has 1 aromatic carbocycles. The Hall–Kier alpha value is -4.25. The monoisotopic (exact) mass is 530 g/mol. The van der Waals surface area contributed by atoms with Crippen molar-refractivity contribution in [2.45, 2.75) is 31.5 Å². The number of carbonyl (C=O) groups excluding carboxylic acids is 1. The van der Waals surface area contributed by atoms with E-state index < -0.39 is 35.8 Å². The number of piperidine rings is 1. The number of amides is 1. The van der Waals surface area contributed by atoms with Crippen LogP contribution >= 0.6 is 0 Å². The Morgan fingerprint density at radius 1 is 1.29 bits per heavy atom. The predicted molar refractivity (Wildman–Crippen MR) is 132 cm³/mol. The number of carbonyl (C=O) groups is 1. The molecule has 2 aliphatic rings. The highest BCUT2D eigenvalue weighted by atomic mass is 19.3. The summed E-state index contributed by atoms with van der Waals surface area (Å²) in [7, 11) is 1.61. The van der Waals surface area contributed by atoms with E-state index >= 15 is 0 Å². The Balaban J connectivity index is 1.48. The quantitative estimate of drug-likeness (QED) is 0.455. The van der Waals surface area contributed by atoms with Gasteiger partial charge in [0, 0.05) is 31.7 Å². The van der Waals surface area contributed by atoms with Crippen molar-refractivity contribution in [2.75, 3.05) is 29.9 Å². The second-order valence-corrected chi connectivity index (χ2v) is 9.61. The minimum atomic E-state index is -3.08. The van der Waals surface area contributed by atoms with Gasteiger partial charge < -0.3 is 26.0 Å². The highest BCUT2D eigenvalue weighted by Gasteiger charge is 2.48. The summed E-state index contributed by atoms with van der Waals surface area (Å²) in [6.45, 7) is 1.27. The van der Waals surface area contributed by atoms with E-state index in [-0.39, 0.29) is 49.1 Å². The molecule has 2 aromatic heterocycles. The number of hydrogen-bond acceptors (Lipinski definition) is 8. The lowest BCUT2D eigenvalue weighted by Crippen LogP contribution is -2.60. The van der Waals surface area contributed by atoms with Gasteiger partial charge in [0.2, 0.25) is 0 Å². The van der Waals surface area contributed by atoms with E-state index in [0.29, 0.717) is 16.7 Å². The molecule has 0 radical (unpaired) electrons. The molecule has 2 aliphatic heterocycles. The molecular formula is C24H25F3N8O3. The number of rotatable bonds is 5. The fourth-order valence-corrected chi connectivity index (χ4v) is 4.86. The number of pyridine rings is 1. The molecule has 0 bridgehead atoms. The zero-order valence-electron chi connectivity index (χ0n) is 20.5. The first-order valence-corrected chi connectivity index (χ1v) is 11.9. The van der Waals surface area contributed by atoms with Crippen LogP contribution in [-0.4, -0.2) is 57.9 Å². The Labute approximate surface area is 214 Å². The van der Waals surface area contributed by atoms with Gasteiger partial charge in [-0.05, 0) is 24.3 Å². The molecule has 38 heavy (non-hydrogen) atoms. The molecule has 2 saturated heterocycles. The lowest BCUT2D eigenvalue weighted by molar-refractivity contribution is -0.0807. The molecule has 3 aromatic rings. The molecule has 3 atom stereocenters. The van der Waals surface area contributed by atoms with Crippen molar-refractivity contribution in [3.05, 3.63) is 46.1 Å². The molecule has 4 heterocycles. The van der Waals surface area contributed by atoms with Gasteiger partial charge in [0.1, 0.15) is 18.5 Å². The Kier molecular flexibility index (Phi) is 6.18. The molecule has 0 spiro atoms. The van der Waals surface area contributed by atoms with Crippen molar-refractivity contribution < 1.29 is 22.7 Å². The van der Waals surface area contributed by atoms with Crippen molar-refractivity contribution in [3.8, 4) is 6.07 Å². The molecule has 5 rings (SSSR count). The van der Waals surface area contributed by atoms with Crippen LogP contribution in [0, 0.1) is 23.1 Å². The number of cyclic esters (lactones) is 1. The predicted octanol–water partition coefficient (Wildman–Crippen LogP) is 2.02. The van der Waals surface area contributed by atoms with Crippen LogP contribution in [0.2, 0.25) is 0 Å². The van der Waals surface area contributed by atoms with Gasteiger partial charge in [0.15, 0.2) is 11.6 Å². The van der Waals surface area contributed by atoms with Crippen molar-refractivity contribution in [1.82, 2.24) is 19.4 Å². The van der Waals surface area contributed by atoms with Crippen LogP contribution in [0.3, 0.4) is 0 Å². The number of ether oxygens (including phenoxy) is 1. The lowest BCUT2D eigenvalue weighted by Gasteiger charge is -2.41. The van der Waals surface area contributed by atoms with E-state index in [4.69, 9.17) is 10.5 Å². The summed E-state index contributed by atoms with van der Waals surface area (Å²) in [5.74, 6) is -5.18. The van der Waals surface area contributed by atoms with Gasteiger partial charge in [-0.2, -0.15) is 5.26 Å².